The van der Waals surface area contributed by atoms with E-state index in [0.29, 0.717) is 6.42 Å². The number of methoxy groups -OCH3 is 1. The second kappa shape index (κ2) is 6.94. The van der Waals surface area contributed by atoms with E-state index < -0.39 is 0 Å². The second-order valence-electron chi connectivity index (χ2n) is 5.99. The van der Waals surface area contributed by atoms with E-state index in [1.165, 1.54) is 0 Å². The fourth-order valence-electron chi connectivity index (χ4n) is 3.06. The van der Waals surface area contributed by atoms with Gasteiger partial charge < -0.3 is 15.4 Å². The van der Waals surface area contributed by atoms with Crippen LogP contribution in [0, 0.1) is 6.92 Å². The monoisotopic (exact) mass is 290 g/mol. The summed E-state index contributed by atoms with van der Waals surface area (Å²) in [6.07, 6.45) is 3.67. The summed E-state index contributed by atoms with van der Waals surface area (Å²) < 4.78 is 5.33. The number of amides is 1. The number of likely N-dealkylation sites (tertiary alicyclic amines) is 1. The number of carbonyl (C=O) groups is 1. The number of carbonyl (C=O) groups excluding carboxylic acids is 1. The maximum atomic E-state index is 12.6. The summed E-state index contributed by atoms with van der Waals surface area (Å²) in [5, 5.41) is 0. The molecule has 1 aromatic rings. The molecule has 4 heteroatoms. The first-order valence-electron chi connectivity index (χ1n) is 7.71. The van der Waals surface area contributed by atoms with Crippen molar-refractivity contribution in [1.82, 2.24) is 4.90 Å². The van der Waals surface area contributed by atoms with Gasteiger partial charge in [0.1, 0.15) is 5.75 Å². The molecule has 1 aliphatic rings. The van der Waals surface area contributed by atoms with Crippen LogP contribution in [-0.2, 0) is 11.2 Å². The zero-order valence-electron chi connectivity index (χ0n) is 13.3. The van der Waals surface area contributed by atoms with E-state index in [1.807, 2.05) is 36.9 Å². The molecule has 21 heavy (non-hydrogen) atoms. The minimum Gasteiger partial charge on any atom is -0.496 e. The Hall–Kier alpha value is -1.55. The van der Waals surface area contributed by atoms with Crippen molar-refractivity contribution in [3.05, 3.63) is 29.3 Å². The first-order chi connectivity index (χ1) is 10.0. The van der Waals surface area contributed by atoms with Gasteiger partial charge >= 0.3 is 0 Å². The summed E-state index contributed by atoms with van der Waals surface area (Å²) in [4.78, 5) is 14.6. The number of rotatable bonds is 4. The molecule has 2 N–H and O–H groups in total. The highest BCUT2D eigenvalue weighted by molar-refractivity contribution is 5.79. The number of aryl methyl sites for hydroxylation is 1. The topological polar surface area (TPSA) is 55.6 Å². The quantitative estimate of drug-likeness (QED) is 0.925. The van der Waals surface area contributed by atoms with Gasteiger partial charge in [0.2, 0.25) is 5.91 Å². The van der Waals surface area contributed by atoms with Crippen LogP contribution in [0.1, 0.15) is 37.3 Å². The number of nitrogens with two attached hydrogens (primary N) is 1. The van der Waals surface area contributed by atoms with E-state index in [1.54, 1.807) is 7.11 Å². The van der Waals surface area contributed by atoms with Crippen molar-refractivity contribution >= 4 is 5.91 Å². The molecule has 1 aromatic carbocycles. The van der Waals surface area contributed by atoms with Crippen LogP contribution >= 0.6 is 0 Å². The molecule has 1 amide bonds. The molecule has 0 aromatic heterocycles. The molecular weight excluding hydrogens is 264 g/mol. The van der Waals surface area contributed by atoms with Gasteiger partial charge in [-0.1, -0.05) is 12.1 Å². The largest absolute Gasteiger partial charge is 0.496 e. The lowest BCUT2D eigenvalue weighted by molar-refractivity contribution is -0.134. The summed E-state index contributed by atoms with van der Waals surface area (Å²) in [5.41, 5.74) is 8.12. The summed E-state index contributed by atoms with van der Waals surface area (Å²) in [7, 11) is 1.66. The van der Waals surface area contributed by atoms with Crippen LogP contribution in [0.4, 0.5) is 0 Å². The summed E-state index contributed by atoms with van der Waals surface area (Å²) in [6, 6.07) is 6.17. The highest BCUT2D eigenvalue weighted by Gasteiger charge is 2.29. The van der Waals surface area contributed by atoms with Crippen molar-refractivity contribution in [2.75, 3.05) is 13.7 Å². The molecule has 0 bridgehead atoms. The van der Waals surface area contributed by atoms with Crippen LogP contribution in [0.3, 0.4) is 0 Å². The van der Waals surface area contributed by atoms with Gasteiger partial charge in [0, 0.05) is 18.6 Å². The highest BCUT2D eigenvalue weighted by atomic mass is 16.5. The molecule has 0 aliphatic carbocycles. The fraction of sp³-hybridized carbons (Fsp3) is 0.588. The average molecular weight is 290 g/mol. The van der Waals surface area contributed by atoms with Gasteiger partial charge in [0.25, 0.3) is 0 Å². The lowest BCUT2D eigenvalue weighted by Crippen LogP contribution is -2.52. The van der Waals surface area contributed by atoms with Crippen molar-refractivity contribution in [1.29, 1.82) is 0 Å². The van der Waals surface area contributed by atoms with E-state index in [4.69, 9.17) is 10.5 Å². The maximum absolute atomic E-state index is 12.6. The first kappa shape index (κ1) is 15.8. The van der Waals surface area contributed by atoms with Crippen LogP contribution in [0.2, 0.25) is 0 Å². The second-order valence-corrected chi connectivity index (χ2v) is 5.99. The fourth-order valence-corrected chi connectivity index (χ4v) is 3.06. The number of piperidine rings is 1. The SMILES string of the molecule is COc1cc(CC(=O)N2CCCCC2C(C)N)ccc1C. The van der Waals surface area contributed by atoms with Crippen molar-refractivity contribution in [2.45, 2.75) is 51.6 Å². The van der Waals surface area contributed by atoms with Crippen molar-refractivity contribution in [2.24, 2.45) is 5.73 Å². The first-order valence-corrected chi connectivity index (χ1v) is 7.71. The molecule has 0 radical (unpaired) electrons. The molecule has 1 fully saturated rings. The van der Waals surface area contributed by atoms with Crippen molar-refractivity contribution in [3.8, 4) is 5.75 Å². The third kappa shape index (κ3) is 3.76. The van der Waals surface area contributed by atoms with Crippen LogP contribution in [-0.4, -0.2) is 36.5 Å². The third-order valence-corrected chi connectivity index (χ3v) is 4.30. The maximum Gasteiger partial charge on any atom is 0.227 e. The van der Waals surface area contributed by atoms with E-state index in [9.17, 15) is 4.79 Å². The molecule has 2 rings (SSSR count). The Balaban J connectivity index is 2.09. The van der Waals surface area contributed by atoms with Crippen LogP contribution < -0.4 is 10.5 Å². The molecule has 4 nitrogen and oxygen atoms in total. The summed E-state index contributed by atoms with van der Waals surface area (Å²) in [5.74, 6) is 1.01. The van der Waals surface area contributed by atoms with Gasteiger partial charge in [-0.25, -0.2) is 0 Å². The van der Waals surface area contributed by atoms with Crippen molar-refractivity contribution in [3.63, 3.8) is 0 Å². The molecule has 2 unspecified atom stereocenters. The summed E-state index contributed by atoms with van der Waals surface area (Å²) in [6.45, 7) is 4.82. The highest BCUT2D eigenvalue weighted by Crippen LogP contribution is 2.22. The minimum atomic E-state index is 0.0294. The van der Waals surface area contributed by atoms with Gasteiger partial charge in [-0.3, -0.25) is 4.79 Å². The minimum absolute atomic E-state index is 0.0294. The van der Waals surface area contributed by atoms with Gasteiger partial charge in [-0.05, 0) is 50.3 Å². The summed E-state index contributed by atoms with van der Waals surface area (Å²) >= 11 is 0. The number of ether oxygens (including phenoxy) is 1. The molecule has 1 saturated heterocycles. The predicted molar refractivity (Wildman–Crippen MR) is 84.4 cm³/mol. The molecule has 2 atom stereocenters. The molecular formula is C17H26N2O2. The van der Waals surface area contributed by atoms with Crippen molar-refractivity contribution < 1.29 is 9.53 Å². The lowest BCUT2D eigenvalue weighted by Gasteiger charge is -2.38. The smallest absolute Gasteiger partial charge is 0.227 e. The average Bonchev–Trinajstić information content (AvgIpc) is 2.49. The third-order valence-electron chi connectivity index (χ3n) is 4.30. The zero-order chi connectivity index (χ0) is 15.4. The van der Waals surface area contributed by atoms with Crippen LogP contribution in [0.15, 0.2) is 18.2 Å². The Morgan fingerprint density at radius 1 is 1.48 bits per heavy atom. The Morgan fingerprint density at radius 3 is 2.90 bits per heavy atom. The molecule has 1 heterocycles. The molecule has 0 spiro atoms. The zero-order valence-corrected chi connectivity index (χ0v) is 13.3. The number of hydrogen-bond acceptors (Lipinski definition) is 3. The van der Waals surface area contributed by atoms with E-state index in [-0.39, 0.29) is 18.0 Å². The molecule has 116 valence electrons. The Labute approximate surface area is 127 Å². The van der Waals surface area contributed by atoms with E-state index >= 15 is 0 Å². The van der Waals surface area contributed by atoms with E-state index in [2.05, 4.69) is 0 Å². The number of benzene rings is 1. The number of hydrogen-bond donors (Lipinski definition) is 1. The van der Waals surface area contributed by atoms with Gasteiger partial charge in [0.05, 0.1) is 13.5 Å². The Morgan fingerprint density at radius 2 is 2.24 bits per heavy atom. The van der Waals surface area contributed by atoms with Gasteiger partial charge in [-0.15, -0.1) is 0 Å². The van der Waals surface area contributed by atoms with Crippen LogP contribution in [0.5, 0.6) is 5.75 Å². The number of nitrogens with zero attached hydrogens (tertiary/aromatic N) is 1. The normalized spacial score (nSPS) is 20.2. The molecule has 0 saturated carbocycles. The standard InChI is InChI=1S/C17H26N2O2/c1-12-7-8-14(10-16(12)21-3)11-17(20)19-9-5-4-6-15(19)13(2)18/h7-8,10,13,15H,4-6,9,11,18H2,1-3H3. The van der Waals surface area contributed by atoms with Gasteiger partial charge in [-0.2, -0.15) is 0 Å². The Bertz CT molecular complexity index is 500. The lowest BCUT2D eigenvalue weighted by atomic mass is 9.96. The van der Waals surface area contributed by atoms with Gasteiger partial charge in [0.15, 0.2) is 0 Å². The predicted octanol–water partition coefficient (Wildman–Crippen LogP) is 2.27. The Kier molecular flexibility index (Phi) is 5.23. The van der Waals surface area contributed by atoms with E-state index in [0.717, 1.165) is 42.7 Å². The molecule has 1 aliphatic heterocycles. The van der Waals surface area contributed by atoms with Crippen LogP contribution in [0.25, 0.3) is 0 Å².